The maximum Gasteiger partial charge on any atom is 0.211 e. The predicted octanol–water partition coefficient (Wildman–Crippen LogP) is 1.15. The molecule has 0 aliphatic rings. The van der Waals surface area contributed by atoms with Gasteiger partial charge in [-0.15, -0.1) is 0 Å². The van der Waals surface area contributed by atoms with Gasteiger partial charge in [0.1, 0.15) is 0 Å². The summed E-state index contributed by atoms with van der Waals surface area (Å²) >= 11 is 1.51. The Morgan fingerprint density at radius 1 is 1.50 bits per heavy atom. The Kier molecular flexibility index (Phi) is 6.90. The minimum absolute atomic E-state index is 0.510. The van der Waals surface area contributed by atoms with E-state index in [1.165, 1.54) is 11.8 Å². The van der Waals surface area contributed by atoms with E-state index in [4.69, 9.17) is 11.5 Å². The van der Waals surface area contributed by atoms with E-state index in [2.05, 4.69) is 10.3 Å². The van der Waals surface area contributed by atoms with E-state index in [1.54, 1.807) is 0 Å². The summed E-state index contributed by atoms with van der Waals surface area (Å²) in [5.41, 5.74) is 12.9. The van der Waals surface area contributed by atoms with Gasteiger partial charge in [0.05, 0.1) is 6.54 Å². The van der Waals surface area contributed by atoms with Crippen LogP contribution >= 0.6 is 11.8 Å². The number of nitrogens with one attached hydrogen (secondary N) is 1. The van der Waals surface area contributed by atoms with Crippen LogP contribution in [-0.2, 0) is 11.3 Å². The van der Waals surface area contributed by atoms with Crippen molar-refractivity contribution in [3.63, 3.8) is 0 Å². The number of carbonyl (C=O) groups is 1. The first-order valence-electron chi connectivity index (χ1n) is 5.68. The summed E-state index contributed by atoms with van der Waals surface area (Å²) in [4.78, 5) is 14.6. The van der Waals surface area contributed by atoms with Gasteiger partial charge in [0, 0.05) is 11.4 Å². The zero-order valence-electron chi connectivity index (χ0n) is 10.1. The Bertz CT molecular complexity index is 409. The second-order valence-electron chi connectivity index (χ2n) is 3.61. The van der Waals surface area contributed by atoms with Crippen LogP contribution in [0.1, 0.15) is 12.0 Å². The lowest BCUT2D eigenvalue weighted by Crippen LogP contribution is -2.09. The molecular formula is C12H18N4OS. The van der Waals surface area contributed by atoms with Gasteiger partial charge in [-0.2, -0.15) is 0 Å². The molecule has 0 spiro atoms. The SMILES string of the molecule is NCCCSC(N)=NCc1cccc(NC=O)c1. The number of hydrogen-bond acceptors (Lipinski definition) is 4. The van der Waals surface area contributed by atoms with Gasteiger partial charge >= 0.3 is 0 Å². The second-order valence-corrected chi connectivity index (χ2v) is 4.72. The van der Waals surface area contributed by atoms with Gasteiger partial charge in [-0.05, 0) is 30.7 Å². The maximum atomic E-state index is 10.3. The summed E-state index contributed by atoms with van der Waals surface area (Å²) in [5, 5.41) is 3.16. The van der Waals surface area contributed by atoms with Crippen LogP contribution in [0, 0.1) is 0 Å². The van der Waals surface area contributed by atoms with Crippen LogP contribution in [0.3, 0.4) is 0 Å². The van der Waals surface area contributed by atoms with Crippen molar-refractivity contribution in [2.45, 2.75) is 13.0 Å². The Morgan fingerprint density at radius 2 is 2.33 bits per heavy atom. The normalized spacial score (nSPS) is 11.3. The Labute approximate surface area is 111 Å². The quantitative estimate of drug-likeness (QED) is 0.299. The molecule has 98 valence electrons. The molecule has 5 nitrogen and oxygen atoms in total. The monoisotopic (exact) mass is 266 g/mol. The van der Waals surface area contributed by atoms with Gasteiger partial charge in [0.15, 0.2) is 5.17 Å². The molecule has 0 saturated heterocycles. The molecule has 0 aliphatic heterocycles. The Balaban J connectivity index is 2.48. The molecule has 0 atom stereocenters. The van der Waals surface area contributed by atoms with Crippen molar-refractivity contribution < 1.29 is 4.79 Å². The van der Waals surface area contributed by atoms with Crippen LogP contribution in [0.5, 0.6) is 0 Å². The summed E-state index contributed by atoms with van der Waals surface area (Å²) in [5.74, 6) is 0.887. The third-order valence-corrected chi connectivity index (χ3v) is 3.09. The molecule has 1 aromatic rings. The number of nitrogens with zero attached hydrogens (tertiary/aromatic N) is 1. The number of rotatable bonds is 7. The number of aliphatic imine (C=N–C) groups is 1. The first-order valence-corrected chi connectivity index (χ1v) is 6.66. The number of thioether (sulfide) groups is 1. The van der Waals surface area contributed by atoms with Gasteiger partial charge in [0.2, 0.25) is 6.41 Å². The lowest BCUT2D eigenvalue weighted by atomic mass is 10.2. The van der Waals surface area contributed by atoms with Gasteiger partial charge in [-0.25, -0.2) is 0 Å². The number of anilines is 1. The molecular weight excluding hydrogens is 248 g/mol. The molecule has 0 saturated carbocycles. The van der Waals surface area contributed by atoms with Crippen LogP contribution in [0.25, 0.3) is 0 Å². The first kappa shape index (κ1) is 14.5. The maximum absolute atomic E-state index is 10.3. The summed E-state index contributed by atoms with van der Waals surface area (Å²) < 4.78 is 0. The average molecular weight is 266 g/mol. The van der Waals surface area contributed by atoms with Crippen molar-refractivity contribution in [2.75, 3.05) is 17.6 Å². The largest absolute Gasteiger partial charge is 0.379 e. The van der Waals surface area contributed by atoms with Crippen molar-refractivity contribution >= 4 is 29.0 Å². The molecule has 0 fully saturated rings. The third kappa shape index (κ3) is 5.70. The lowest BCUT2D eigenvalue weighted by molar-refractivity contribution is -0.105. The van der Waals surface area contributed by atoms with Gasteiger partial charge in [-0.3, -0.25) is 9.79 Å². The molecule has 1 rings (SSSR count). The number of amidine groups is 1. The molecule has 0 bridgehead atoms. The van der Waals surface area contributed by atoms with Crippen LogP contribution in [0.4, 0.5) is 5.69 Å². The Hall–Kier alpha value is -1.53. The van der Waals surface area contributed by atoms with Crippen molar-refractivity contribution in [3.05, 3.63) is 29.8 Å². The van der Waals surface area contributed by atoms with E-state index in [-0.39, 0.29) is 0 Å². The highest BCUT2D eigenvalue weighted by Crippen LogP contribution is 2.11. The van der Waals surface area contributed by atoms with Crippen molar-refractivity contribution in [1.82, 2.24) is 0 Å². The van der Waals surface area contributed by atoms with Crippen molar-refractivity contribution in [1.29, 1.82) is 0 Å². The molecule has 0 radical (unpaired) electrons. The number of benzene rings is 1. The molecule has 1 aromatic carbocycles. The number of hydrogen-bond donors (Lipinski definition) is 3. The van der Waals surface area contributed by atoms with Gasteiger partial charge < -0.3 is 16.8 Å². The smallest absolute Gasteiger partial charge is 0.211 e. The Morgan fingerprint density at radius 3 is 3.06 bits per heavy atom. The van der Waals surface area contributed by atoms with Crippen LogP contribution in [0.2, 0.25) is 0 Å². The van der Waals surface area contributed by atoms with Crippen molar-refractivity contribution in [3.8, 4) is 0 Å². The summed E-state index contributed by atoms with van der Waals surface area (Å²) in [6.45, 7) is 1.18. The molecule has 0 heterocycles. The fraction of sp³-hybridized carbons (Fsp3) is 0.333. The van der Waals surface area contributed by atoms with E-state index >= 15 is 0 Å². The zero-order valence-corrected chi connectivity index (χ0v) is 11.0. The highest BCUT2D eigenvalue weighted by Gasteiger charge is 1.96. The van der Waals surface area contributed by atoms with Gasteiger partial charge in [-0.1, -0.05) is 23.9 Å². The van der Waals surface area contributed by atoms with E-state index in [9.17, 15) is 4.79 Å². The molecule has 18 heavy (non-hydrogen) atoms. The van der Waals surface area contributed by atoms with Crippen molar-refractivity contribution in [2.24, 2.45) is 16.5 Å². The topological polar surface area (TPSA) is 93.5 Å². The fourth-order valence-electron chi connectivity index (χ4n) is 1.30. The molecule has 1 amide bonds. The first-order chi connectivity index (χ1) is 8.76. The lowest BCUT2D eigenvalue weighted by Gasteiger charge is -2.03. The molecule has 0 aromatic heterocycles. The van der Waals surface area contributed by atoms with Crippen LogP contribution in [-0.4, -0.2) is 23.9 Å². The molecule has 0 aliphatic carbocycles. The summed E-state index contributed by atoms with van der Waals surface area (Å²) in [6, 6.07) is 7.50. The predicted molar refractivity (Wildman–Crippen MR) is 77.6 cm³/mol. The molecule has 0 unspecified atom stereocenters. The standard InChI is InChI=1S/C12H18N4OS/c13-5-2-6-18-12(14)15-8-10-3-1-4-11(7-10)16-9-17/h1,3-4,7,9H,2,5-6,8,13H2,(H2,14,15)(H,16,17). The highest BCUT2D eigenvalue weighted by molar-refractivity contribution is 8.13. The molecule has 6 heteroatoms. The van der Waals surface area contributed by atoms with Gasteiger partial charge in [0.25, 0.3) is 0 Å². The molecule has 5 N–H and O–H groups in total. The summed E-state index contributed by atoms with van der Waals surface area (Å²) in [7, 11) is 0. The zero-order chi connectivity index (χ0) is 13.2. The van der Waals surface area contributed by atoms with E-state index < -0.39 is 0 Å². The minimum Gasteiger partial charge on any atom is -0.379 e. The number of nitrogens with two attached hydrogens (primary N) is 2. The van der Waals surface area contributed by atoms with E-state index in [1.807, 2.05) is 24.3 Å². The summed E-state index contributed by atoms with van der Waals surface area (Å²) in [6.07, 6.45) is 1.58. The average Bonchev–Trinajstić information content (AvgIpc) is 2.38. The highest BCUT2D eigenvalue weighted by atomic mass is 32.2. The van der Waals surface area contributed by atoms with Crippen LogP contribution in [0.15, 0.2) is 29.3 Å². The second kappa shape index (κ2) is 8.54. The fourth-order valence-corrected chi connectivity index (χ4v) is 1.98. The number of amides is 1. The number of carbonyl (C=O) groups excluding carboxylic acids is 1. The third-order valence-electron chi connectivity index (χ3n) is 2.17. The van der Waals surface area contributed by atoms with E-state index in [0.29, 0.717) is 24.7 Å². The minimum atomic E-state index is 0.510. The van der Waals surface area contributed by atoms with Crippen LogP contribution < -0.4 is 16.8 Å². The van der Waals surface area contributed by atoms with E-state index in [0.717, 1.165) is 23.4 Å².